The van der Waals surface area contributed by atoms with Crippen LogP contribution < -0.4 is 5.32 Å². The quantitative estimate of drug-likeness (QED) is 0.0215. The van der Waals surface area contributed by atoms with Crippen molar-refractivity contribution in [3.05, 3.63) is 24.3 Å². The van der Waals surface area contributed by atoms with Crippen molar-refractivity contribution in [2.24, 2.45) is 0 Å². The second-order valence-corrected chi connectivity index (χ2v) is 21.4. The Morgan fingerprint density at radius 3 is 1.21 bits per heavy atom. The van der Waals surface area contributed by atoms with Gasteiger partial charge in [0, 0.05) is 0 Å². The van der Waals surface area contributed by atoms with Crippen LogP contribution in [0, 0.1) is 0 Å². The molecule has 0 radical (unpaired) electrons. The first-order valence-corrected chi connectivity index (χ1v) is 30.2. The van der Waals surface area contributed by atoms with Gasteiger partial charge >= 0.3 is 0 Å². The first-order valence-electron chi connectivity index (χ1n) is 30.2. The van der Waals surface area contributed by atoms with Gasteiger partial charge in [0.25, 0.3) is 0 Å². The molecule has 1 aliphatic heterocycles. The van der Waals surface area contributed by atoms with E-state index in [0.29, 0.717) is 12.8 Å². The Labute approximate surface area is 435 Å². The van der Waals surface area contributed by atoms with Crippen molar-refractivity contribution in [3.63, 3.8) is 0 Å². The van der Waals surface area contributed by atoms with Crippen LogP contribution in [0.4, 0.5) is 0 Å². The third-order valence-electron chi connectivity index (χ3n) is 14.7. The molecular formula is C60H115NO10. The third-order valence-corrected chi connectivity index (χ3v) is 14.7. The van der Waals surface area contributed by atoms with Crippen LogP contribution in [-0.2, 0) is 14.3 Å². The summed E-state index contributed by atoms with van der Waals surface area (Å²) < 4.78 is 11.1. The van der Waals surface area contributed by atoms with Gasteiger partial charge in [-0.2, -0.15) is 0 Å². The molecule has 0 aromatic rings. The number of aliphatic hydroxyl groups excluding tert-OH is 7. The van der Waals surface area contributed by atoms with E-state index >= 15 is 0 Å². The summed E-state index contributed by atoms with van der Waals surface area (Å²) >= 11 is 0. The van der Waals surface area contributed by atoms with Gasteiger partial charge in [-0.15, -0.1) is 0 Å². The van der Waals surface area contributed by atoms with E-state index in [4.69, 9.17) is 9.47 Å². The zero-order chi connectivity index (χ0) is 51.8. The summed E-state index contributed by atoms with van der Waals surface area (Å²) in [7, 11) is 0. The molecule has 0 aliphatic carbocycles. The topological polar surface area (TPSA) is 189 Å². The Balaban J connectivity index is 2.22. The molecule has 71 heavy (non-hydrogen) atoms. The summed E-state index contributed by atoms with van der Waals surface area (Å²) in [5.41, 5.74) is 0. The number of ether oxygens (including phenoxy) is 2. The molecule has 0 bridgehead atoms. The standard InChI is InChI=1S/C60H115NO10/c1-3-5-7-9-11-13-15-17-19-20-21-22-23-24-25-26-27-28-29-30-31-32-33-34-36-38-40-42-44-46-48-53(64)59(69)61-51(50-70-60-58(68)57(67)56(66)54(49-62)71-60)55(65)52(63)47-45-43-41-39-37-35-18-16-14-12-10-8-6-4-2/h24-25,39,41,51-58,60,62-68H,3-23,26-38,40,42-50H2,1-2H3,(H,61,69)/b25-24-,41-39+. The van der Waals surface area contributed by atoms with Crippen molar-refractivity contribution >= 4 is 5.91 Å². The van der Waals surface area contributed by atoms with Crippen molar-refractivity contribution in [3.8, 4) is 0 Å². The Morgan fingerprint density at radius 2 is 0.831 bits per heavy atom. The summed E-state index contributed by atoms with van der Waals surface area (Å²) in [6.07, 6.45) is 48.3. The van der Waals surface area contributed by atoms with Crippen LogP contribution >= 0.6 is 0 Å². The number of rotatable bonds is 52. The zero-order valence-electron chi connectivity index (χ0n) is 46.0. The Bertz CT molecular complexity index is 1200. The number of allylic oxidation sites excluding steroid dienone is 4. The summed E-state index contributed by atoms with van der Waals surface area (Å²) in [6, 6.07) is -1.18. The van der Waals surface area contributed by atoms with E-state index < -0.39 is 74.2 Å². The van der Waals surface area contributed by atoms with Gasteiger partial charge in [0.2, 0.25) is 5.91 Å². The molecule has 11 heteroatoms. The van der Waals surface area contributed by atoms with Crippen molar-refractivity contribution in [2.45, 2.75) is 339 Å². The van der Waals surface area contributed by atoms with E-state index in [0.717, 1.165) is 38.5 Å². The highest BCUT2D eigenvalue weighted by molar-refractivity contribution is 5.80. The Kier molecular flexibility index (Phi) is 47.1. The summed E-state index contributed by atoms with van der Waals surface area (Å²) in [5.74, 6) is -0.703. The number of unbranched alkanes of at least 4 members (excludes halogenated alkanes) is 36. The van der Waals surface area contributed by atoms with Gasteiger partial charge in [-0.25, -0.2) is 0 Å². The fourth-order valence-corrected chi connectivity index (χ4v) is 9.79. The SMILES string of the molecule is CCCCCCCCCCC/C=C/CCCC(O)C(O)C(COC1OC(CO)C(O)C(O)C1O)NC(=O)C(O)CCCCCCCCCCCCCCCC/C=C\CCCCCCCCCCCCCC. The molecule has 1 amide bonds. The minimum absolute atomic E-state index is 0.256. The molecule has 9 unspecified atom stereocenters. The molecule has 1 heterocycles. The number of hydrogen-bond donors (Lipinski definition) is 8. The largest absolute Gasteiger partial charge is 0.394 e. The molecule has 1 aliphatic rings. The molecule has 1 fully saturated rings. The molecule has 0 aromatic carbocycles. The van der Waals surface area contributed by atoms with E-state index in [-0.39, 0.29) is 12.8 Å². The number of amides is 1. The van der Waals surface area contributed by atoms with Gasteiger partial charge in [-0.05, 0) is 64.2 Å². The predicted octanol–water partition coefficient (Wildman–Crippen LogP) is 12.9. The summed E-state index contributed by atoms with van der Waals surface area (Å²) in [4.78, 5) is 13.2. The minimum atomic E-state index is -1.67. The Hall–Kier alpha value is -1.41. The molecule has 420 valence electrons. The fraction of sp³-hybridized carbons (Fsp3) is 0.917. The number of hydrogen-bond acceptors (Lipinski definition) is 10. The van der Waals surface area contributed by atoms with E-state index in [1.165, 1.54) is 205 Å². The highest BCUT2D eigenvalue weighted by Crippen LogP contribution is 2.23. The van der Waals surface area contributed by atoms with Gasteiger partial charge < -0.3 is 50.5 Å². The Morgan fingerprint density at radius 1 is 0.479 bits per heavy atom. The fourth-order valence-electron chi connectivity index (χ4n) is 9.79. The summed E-state index contributed by atoms with van der Waals surface area (Å²) in [5, 5.41) is 76.0. The normalized spacial score (nSPS) is 20.3. The van der Waals surface area contributed by atoms with Crippen molar-refractivity contribution in [1.29, 1.82) is 0 Å². The number of carbonyl (C=O) groups is 1. The van der Waals surface area contributed by atoms with Crippen molar-refractivity contribution in [2.75, 3.05) is 13.2 Å². The lowest BCUT2D eigenvalue weighted by Crippen LogP contribution is -2.60. The average molecular weight is 1010 g/mol. The monoisotopic (exact) mass is 1010 g/mol. The maximum atomic E-state index is 13.2. The molecule has 9 atom stereocenters. The third kappa shape index (κ3) is 37.9. The zero-order valence-corrected chi connectivity index (χ0v) is 46.0. The van der Waals surface area contributed by atoms with Gasteiger partial charge in [-0.3, -0.25) is 4.79 Å². The van der Waals surface area contributed by atoms with Crippen LogP contribution in [0.5, 0.6) is 0 Å². The van der Waals surface area contributed by atoms with E-state index in [2.05, 4.69) is 43.5 Å². The molecule has 0 aromatic heterocycles. The maximum absolute atomic E-state index is 13.2. The molecule has 11 nitrogen and oxygen atoms in total. The van der Waals surface area contributed by atoms with Gasteiger partial charge in [0.15, 0.2) is 6.29 Å². The van der Waals surface area contributed by atoms with E-state index in [1.807, 2.05) is 0 Å². The van der Waals surface area contributed by atoms with Crippen LogP contribution in [-0.4, -0.2) is 110 Å². The number of aliphatic hydroxyl groups is 7. The van der Waals surface area contributed by atoms with Crippen LogP contribution in [0.1, 0.15) is 284 Å². The van der Waals surface area contributed by atoms with Crippen LogP contribution in [0.15, 0.2) is 24.3 Å². The molecular weight excluding hydrogens is 895 g/mol. The molecule has 1 saturated heterocycles. The lowest BCUT2D eigenvalue weighted by atomic mass is 9.98. The first kappa shape index (κ1) is 67.6. The van der Waals surface area contributed by atoms with Gasteiger partial charge in [0.05, 0.1) is 25.4 Å². The second-order valence-electron chi connectivity index (χ2n) is 21.4. The van der Waals surface area contributed by atoms with Crippen LogP contribution in [0.2, 0.25) is 0 Å². The molecule has 1 rings (SSSR count). The number of carbonyl (C=O) groups excluding carboxylic acids is 1. The van der Waals surface area contributed by atoms with Crippen molar-refractivity contribution in [1.82, 2.24) is 5.32 Å². The second kappa shape index (κ2) is 49.5. The van der Waals surface area contributed by atoms with Crippen LogP contribution in [0.25, 0.3) is 0 Å². The van der Waals surface area contributed by atoms with Crippen LogP contribution in [0.3, 0.4) is 0 Å². The minimum Gasteiger partial charge on any atom is -0.394 e. The smallest absolute Gasteiger partial charge is 0.249 e. The highest BCUT2D eigenvalue weighted by atomic mass is 16.7. The van der Waals surface area contributed by atoms with Crippen molar-refractivity contribution < 1.29 is 50.0 Å². The lowest BCUT2D eigenvalue weighted by Gasteiger charge is -2.40. The number of nitrogens with one attached hydrogen (secondary N) is 1. The van der Waals surface area contributed by atoms with E-state index in [9.17, 15) is 40.5 Å². The van der Waals surface area contributed by atoms with Gasteiger partial charge in [0.1, 0.15) is 36.6 Å². The highest BCUT2D eigenvalue weighted by Gasteiger charge is 2.44. The van der Waals surface area contributed by atoms with Gasteiger partial charge in [-0.1, -0.05) is 244 Å². The predicted molar refractivity (Wildman–Crippen MR) is 293 cm³/mol. The van der Waals surface area contributed by atoms with E-state index in [1.54, 1.807) is 0 Å². The first-order chi connectivity index (χ1) is 34.7. The summed E-state index contributed by atoms with van der Waals surface area (Å²) in [6.45, 7) is 3.46. The maximum Gasteiger partial charge on any atom is 0.249 e. The molecule has 0 spiro atoms. The molecule has 0 saturated carbocycles. The molecule has 8 N–H and O–H groups in total. The lowest BCUT2D eigenvalue weighted by molar-refractivity contribution is -0.303. The average Bonchev–Trinajstić information content (AvgIpc) is 3.37.